The van der Waals surface area contributed by atoms with Gasteiger partial charge >= 0.3 is 5.97 Å². The molecule has 16 heavy (non-hydrogen) atoms. The van der Waals surface area contributed by atoms with Crippen LogP contribution in [0.15, 0.2) is 23.1 Å². The Morgan fingerprint density at radius 1 is 1.56 bits per heavy atom. The Kier molecular flexibility index (Phi) is 2.78. The largest absolute Gasteiger partial charge is 0.477 e. The zero-order chi connectivity index (χ0) is 11.7. The second kappa shape index (κ2) is 4.09. The van der Waals surface area contributed by atoms with Crippen LogP contribution in [-0.2, 0) is 4.74 Å². The summed E-state index contributed by atoms with van der Waals surface area (Å²) in [7, 11) is 1.64. The number of carboxylic acids is 1. The molecule has 0 radical (unpaired) electrons. The van der Waals surface area contributed by atoms with Crippen LogP contribution in [0.5, 0.6) is 0 Å². The number of nitrogens with zero attached hydrogens (tertiary/aromatic N) is 1. The van der Waals surface area contributed by atoms with Gasteiger partial charge in [0.25, 0.3) is 5.56 Å². The van der Waals surface area contributed by atoms with E-state index in [1.54, 1.807) is 19.4 Å². The molecule has 1 aromatic heterocycles. The van der Waals surface area contributed by atoms with Gasteiger partial charge in [-0.3, -0.25) is 4.79 Å². The zero-order valence-corrected chi connectivity index (χ0v) is 8.92. The molecule has 1 fully saturated rings. The molecule has 5 nitrogen and oxygen atoms in total. The molecule has 0 atom stereocenters. The molecule has 1 heterocycles. The highest BCUT2D eigenvalue weighted by Gasteiger charge is 2.31. The van der Waals surface area contributed by atoms with Crippen LogP contribution in [-0.4, -0.2) is 28.9 Å². The highest BCUT2D eigenvalue weighted by molar-refractivity contribution is 5.86. The molecule has 1 aliphatic rings. The number of carboxylic acid groups (broad SMARTS) is 1. The van der Waals surface area contributed by atoms with E-state index in [2.05, 4.69) is 0 Å². The summed E-state index contributed by atoms with van der Waals surface area (Å²) in [5.74, 6) is -1.18. The minimum atomic E-state index is -1.18. The minimum absolute atomic E-state index is 0.0664. The van der Waals surface area contributed by atoms with Crippen molar-refractivity contribution in [3.8, 4) is 0 Å². The van der Waals surface area contributed by atoms with Gasteiger partial charge in [-0.15, -0.1) is 0 Å². The van der Waals surface area contributed by atoms with E-state index in [0.717, 1.165) is 12.8 Å². The predicted octanol–water partition coefficient (Wildman–Crippen LogP) is 0.896. The zero-order valence-electron chi connectivity index (χ0n) is 8.92. The first kappa shape index (κ1) is 10.9. The lowest BCUT2D eigenvalue weighted by molar-refractivity contribution is 0.00506. The van der Waals surface area contributed by atoms with Gasteiger partial charge in [0.05, 0.1) is 6.10 Å². The van der Waals surface area contributed by atoms with E-state index in [4.69, 9.17) is 9.84 Å². The van der Waals surface area contributed by atoms with Crippen LogP contribution < -0.4 is 5.56 Å². The molecule has 0 bridgehead atoms. The summed E-state index contributed by atoms with van der Waals surface area (Å²) in [6, 6.07) is 2.98. The maximum absolute atomic E-state index is 11.8. The number of hydrogen-bond donors (Lipinski definition) is 1. The van der Waals surface area contributed by atoms with Crippen molar-refractivity contribution in [3.63, 3.8) is 0 Å². The maximum Gasteiger partial charge on any atom is 0.341 e. The van der Waals surface area contributed by atoms with Crippen LogP contribution in [0.2, 0.25) is 0 Å². The Balaban J connectivity index is 2.27. The molecule has 5 heteroatoms. The number of rotatable bonds is 3. The van der Waals surface area contributed by atoms with Crippen molar-refractivity contribution in [2.75, 3.05) is 7.11 Å². The molecule has 2 rings (SSSR count). The molecule has 0 aromatic carbocycles. The third-order valence-corrected chi connectivity index (χ3v) is 3.00. The fourth-order valence-electron chi connectivity index (χ4n) is 1.92. The lowest BCUT2D eigenvalue weighted by Crippen LogP contribution is -2.38. The number of aromatic carboxylic acids is 1. The first-order valence-electron chi connectivity index (χ1n) is 5.10. The topological polar surface area (TPSA) is 68.5 Å². The molecular formula is C11H13NO4. The number of methoxy groups -OCH3 is 1. The minimum Gasteiger partial charge on any atom is -0.477 e. The molecule has 1 aliphatic carbocycles. The van der Waals surface area contributed by atoms with E-state index in [-0.39, 0.29) is 17.7 Å². The van der Waals surface area contributed by atoms with Gasteiger partial charge in [0, 0.05) is 19.3 Å². The molecule has 1 aromatic rings. The summed E-state index contributed by atoms with van der Waals surface area (Å²) in [5.41, 5.74) is -0.613. The third-order valence-electron chi connectivity index (χ3n) is 3.00. The molecule has 0 amide bonds. The van der Waals surface area contributed by atoms with Crippen LogP contribution in [0.3, 0.4) is 0 Å². The van der Waals surface area contributed by atoms with Crippen molar-refractivity contribution >= 4 is 5.97 Å². The first-order valence-corrected chi connectivity index (χ1v) is 5.10. The van der Waals surface area contributed by atoms with E-state index in [9.17, 15) is 9.59 Å². The van der Waals surface area contributed by atoms with Gasteiger partial charge in [-0.2, -0.15) is 0 Å². The molecule has 1 saturated carbocycles. The highest BCUT2D eigenvalue weighted by Crippen LogP contribution is 2.32. The summed E-state index contributed by atoms with van der Waals surface area (Å²) in [5, 5.41) is 8.82. The number of pyridine rings is 1. The smallest absolute Gasteiger partial charge is 0.341 e. The van der Waals surface area contributed by atoms with Crippen LogP contribution in [0.4, 0.5) is 0 Å². The lowest BCUT2D eigenvalue weighted by atomic mass is 9.89. The van der Waals surface area contributed by atoms with Crippen molar-refractivity contribution in [3.05, 3.63) is 34.2 Å². The molecule has 0 spiro atoms. The van der Waals surface area contributed by atoms with E-state index < -0.39 is 11.5 Å². The SMILES string of the molecule is COC1CC(n2cccc(C(=O)O)c2=O)C1. The molecule has 86 valence electrons. The summed E-state index contributed by atoms with van der Waals surface area (Å²) in [4.78, 5) is 22.6. The second-order valence-electron chi connectivity index (χ2n) is 3.92. The molecule has 0 aliphatic heterocycles. The number of aromatic nitrogens is 1. The summed E-state index contributed by atoms with van der Waals surface area (Å²) < 4.78 is 6.61. The van der Waals surface area contributed by atoms with Crippen molar-refractivity contribution in [2.45, 2.75) is 25.0 Å². The maximum atomic E-state index is 11.8. The highest BCUT2D eigenvalue weighted by atomic mass is 16.5. The third kappa shape index (κ3) is 1.74. The normalized spacial score (nSPS) is 23.8. The summed E-state index contributed by atoms with van der Waals surface area (Å²) in [6.45, 7) is 0. The Bertz CT molecular complexity index is 459. The van der Waals surface area contributed by atoms with Crippen LogP contribution >= 0.6 is 0 Å². The first-order chi connectivity index (χ1) is 7.63. The molecule has 0 saturated heterocycles. The fourth-order valence-corrected chi connectivity index (χ4v) is 1.92. The van der Waals surface area contributed by atoms with Gasteiger partial charge in [0.2, 0.25) is 0 Å². The fraction of sp³-hybridized carbons (Fsp3) is 0.455. The van der Waals surface area contributed by atoms with Crippen molar-refractivity contribution in [2.24, 2.45) is 0 Å². The Morgan fingerprint density at radius 2 is 2.25 bits per heavy atom. The van der Waals surface area contributed by atoms with Crippen LogP contribution in [0.1, 0.15) is 29.2 Å². The summed E-state index contributed by atoms with van der Waals surface area (Å²) in [6.07, 6.45) is 3.34. The number of ether oxygens (including phenoxy) is 1. The van der Waals surface area contributed by atoms with Gasteiger partial charge in [0.15, 0.2) is 0 Å². The van der Waals surface area contributed by atoms with Gasteiger partial charge < -0.3 is 14.4 Å². The number of carbonyl (C=O) groups is 1. The van der Waals surface area contributed by atoms with Gasteiger partial charge in [-0.1, -0.05) is 0 Å². The quantitative estimate of drug-likeness (QED) is 0.826. The molecular weight excluding hydrogens is 210 g/mol. The molecule has 1 N–H and O–H groups in total. The molecule has 0 unspecified atom stereocenters. The Labute approximate surface area is 92.3 Å². The average Bonchev–Trinajstić information content (AvgIpc) is 2.18. The Hall–Kier alpha value is -1.62. The standard InChI is InChI=1S/C11H13NO4/c1-16-8-5-7(6-8)12-4-2-3-9(10(12)13)11(14)15/h2-4,7-8H,5-6H2,1H3,(H,14,15). The van der Waals surface area contributed by atoms with Crippen molar-refractivity contribution < 1.29 is 14.6 Å². The van der Waals surface area contributed by atoms with Crippen molar-refractivity contribution in [1.82, 2.24) is 4.57 Å². The van der Waals surface area contributed by atoms with Crippen LogP contribution in [0, 0.1) is 0 Å². The average molecular weight is 223 g/mol. The number of hydrogen-bond acceptors (Lipinski definition) is 3. The van der Waals surface area contributed by atoms with Gasteiger partial charge in [0.1, 0.15) is 5.56 Å². The summed E-state index contributed by atoms with van der Waals surface area (Å²) >= 11 is 0. The van der Waals surface area contributed by atoms with Crippen LogP contribution in [0.25, 0.3) is 0 Å². The lowest BCUT2D eigenvalue weighted by Gasteiger charge is -2.35. The van der Waals surface area contributed by atoms with E-state index in [1.807, 2.05) is 0 Å². The van der Waals surface area contributed by atoms with Gasteiger partial charge in [-0.05, 0) is 25.0 Å². The second-order valence-corrected chi connectivity index (χ2v) is 3.92. The van der Waals surface area contributed by atoms with E-state index in [1.165, 1.54) is 10.6 Å². The Morgan fingerprint density at radius 3 is 2.81 bits per heavy atom. The predicted molar refractivity (Wildman–Crippen MR) is 56.7 cm³/mol. The van der Waals surface area contributed by atoms with Crippen molar-refractivity contribution in [1.29, 1.82) is 0 Å². The van der Waals surface area contributed by atoms with Gasteiger partial charge in [-0.25, -0.2) is 4.79 Å². The van der Waals surface area contributed by atoms with E-state index in [0.29, 0.717) is 0 Å². The monoisotopic (exact) mass is 223 g/mol. The van der Waals surface area contributed by atoms with E-state index >= 15 is 0 Å².